The van der Waals surface area contributed by atoms with Gasteiger partial charge in [0.1, 0.15) is 6.29 Å². The summed E-state index contributed by atoms with van der Waals surface area (Å²) in [5.74, 6) is -0.587. The smallest absolute Gasteiger partial charge is 0.211 e. The van der Waals surface area contributed by atoms with Crippen molar-refractivity contribution in [2.24, 2.45) is 5.92 Å². The van der Waals surface area contributed by atoms with E-state index in [0.717, 1.165) is 18.3 Å². The Morgan fingerprint density at radius 1 is 1.35 bits per heavy atom. The molecule has 0 fully saturated rings. The van der Waals surface area contributed by atoms with E-state index in [9.17, 15) is 14.9 Å². The highest BCUT2D eigenvalue weighted by Gasteiger charge is 2.26. The molecule has 0 unspecified atom stereocenters. The second kappa shape index (κ2) is 6.78. The van der Waals surface area contributed by atoms with Crippen LogP contribution in [0.5, 0.6) is 0 Å². The first-order chi connectivity index (χ1) is 8.19. The molecule has 0 aliphatic heterocycles. The van der Waals surface area contributed by atoms with Gasteiger partial charge in [-0.05, 0) is 12.0 Å². The van der Waals surface area contributed by atoms with Crippen molar-refractivity contribution in [3.63, 3.8) is 0 Å². The predicted octanol–water partition coefficient (Wildman–Crippen LogP) is 2.66. The van der Waals surface area contributed by atoms with Gasteiger partial charge in [-0.25, -0.2) is 0 Å². The number of nitrogens with zero attached hydrogens (tertiary/aromatic N) is 1. The van der Waals surface area contributed by atoms with Crippen molar-refractivity contribution < 1.29 is 9.72 Å². The van der Waals surface area contributed by atoms with Crippen LogP contribution in [0.2, 0.25) is 0 Å². The highest BCUT2D eigenvalue weighted by molar-refractivity contribution is 5.56. The Bertz CT molecular complexity index is 364. The highest BCUT2D eigenvalue weighted by atomic mass is 16.6. The molecule has 0 aromatic heterocycles. The van der Waals surface area contributed by atoms with E-state index in [-0.39, 0.29) is 23.3 Å². The molecule has 0 aliphatic rings. The van der Waals surface area contributed by atoms with E-state index in [1.165, 1.54) is 0 Å². The molecule has 0 aliphatic carbocycles. The highest BCUT2D eigenvalue weighted by Crippen LogP contribution is 2.27. The second-order valence-corrected chi connectivity index (χ2v) is 4.12. The van der Waals surface area contributed by atoms with Crippen LogP contribution < -0.4 is 0 Å². The first-order valence-electron chi connectivity index (χ1n) is 5.81. The van der Waals surface area contributed by atoms with Gasteiger partial charge in [-0.1, -0.05) is 43.7 Å². The number of carbonyl (C=O) groups is 1. The van der Waals surface area contributed by atoms with Crippen molar-refractivity contribution in [3.05, 3.63) is 46.0 Å². The van der Waals surface area contributed by atoms with Crippen molar-refractivity contribution in [2.45, 2.75) is 25.7 Å². The monoisotopic (exact) mass is 235 g/mol. The van der Waals surface area contributed by atoms with E-state index < -0.39 is 0 Å². The number of aldehydes is 1. The standard InChI is InChI=1S/C13H17NO3/c1-2-6-12(10-15)13(9-14(16)17)11-7-4-3-5-8-11/h3-5,7-8,10,12-13H,2,6,9H2,1H3/t12-,13-/m0/s1. The van der Waals surface area contributed by atoms with Gasteiger partial charge < -0.3 is 4.79 Å². The van der Waals surface area contributed by atoms with Gasteiger partial charge in [-0.15, -0.1) is 0 Å². The maximum Gasteiger partial charge on any atom is 0.211 e. The van der Waals surface area contributed by atoms with Crippen LogP contribution in [0, 0.1) is 16.0 Å². The molecule has 0 amide bonds. The van der Waals surface area contributed by atoms with Crippen LogP contribution in [0.25, 0.3) is 0 Å². The van der Waals surface area contributed by atoms with Gasteiger partial charge >= 0.3 is 0 Å². The summed E-state index contributed by atoms with van der Waals surface area (Å²) in [5, 5.41) is 10.7. The average Bonchev–Trinajstić information content (AvgIpc) is 2.34. The van der Waals surface area contributed by atoms with Gasteiger partial charge in [0.25, 0.3) is 0 Å². The molecule has 0 spiro atoms. The summed E-state index contributed by atoms with van der Waals surface area (Å²) < 4.78 is 0. The fraction of sp³-hybridized carbons (Fsp3) is 0.462. The minimum Gasteiger partial charge on any atom is -0.303 e. The van der Waals surface area contributed by atoms with E-state index >= 15 is 0 Å². The van der Waals surface area contributed by atoms with Crippen molar-refractivity contribution in [1.29, 1.82) is 0 Å². The van der Waals surface area contributed by atoms with Crippen LogP contribution in [0.1, 0.15) is 31.2 Å². The average molecular weight is 235 g/mol. The first-order valence-corrected chi connectivity index (χ1v) is 5.81. The second-order valence-electron chi connectivity index (χ2n) is 4.12. The third-order valence-electron chi connectivity index (χ3n) is 2.89. The molecule has 0 bridgehead atoms. The molecule has 0 N–H and O–H groups in total. The SMILES string of the molecule is CCC[C@@H](C=O)[C@@H](C[N+](=O)[O-])c1ccccc1. The summed E-state index contributed by atoms with van der Waals surface area (Å²) in [5.41, 5.74) is 0.870. The molecule has 4 nitrogen and oxygen atoms in total. The third kappa shape index (κ3) is 3.98. The van der Waals surface area contributed by atoms with Crippen molar-refractivity contribution in [1.82, 2.24) is 0 Å². The maximum atomic E-state index is 11.1. The zero-order valence-electron chi connectivity index (χ0n) is 9.91. The lowest BCUT2D eigenvalue weighted by molar-refractivity contribution is -0.484. The molecule has 92 valence electrons. The molecule has 0 saturated heterocycles. The lowest BCUT2D eigenvalue weighted by Crippen LogP contribution is -2.22. The van der Waals surface area contributed by atoms with E-state index in [1.54, 1.807) is 0 Å². The summed E-state index contributed by atoms with van der Waals surface area (Å²) in [7, 11) is 0. The summed E-state index contributed by atoms with van der Waals surface area (Å²) in [6.45, 7) is 1.79. The Balaban J connectivity index is 2.93. The molecule has 1 aromatic carbocycles. The Kier molecular flexibility index (Phi) is 5.33. The molecule has 4 heteroatoms. The van der Waals surface area contributed by atoms with Crippen LogP contribution in [-0.2, 0) is 4.79 Å². The number of benzene rings is 1. The molecule has 0 saturated carbocycles. The lowest BCUT2D eigenvalue weighted by atomic mass is 9.84. The van der Waals surface area contributed by atoms with Crippen LogP contribution in [0.3, 0.4) is 0 Å². The van der Waals surface area contributed by atoms with Gasteiger partial charge in [-0.2, -0.15) is 0 Å². The van der Waals surface area contributed by atoms with Crippen molar-refractivity contribution >= 4 is 6.29 Å². The van der Waals surface area contributed by atoms with Crippen molar-refractivity contribution in [2.75, 3.05) is 6.54 Å². The Labute approximate surface area is 101 Å². The molecule has 17 heavy (non-hydrogen) atoms. The van der Waals surface area contributed by atoms with E-state index in [4.69, 9.17) is 0 Å². The number of nitro groups is 1. The van der Waals surface area contributed by atoms with Crippen molar-refractivity contribution in [3.8, 4) is 0 Å². The molecule has 1 aromatic rings. The maximum absolute atomic E-state index is 11.1. The summed E-state index contributed by atoms with van der Waals surface area (Å²) >= 11 is 0. The topological polar surface area (TPSA) is 60.2 Å². The van der Waals surface area contributed by atoms with Crippen LogP contribution in [0.15, 0.2) is 30.3 Å². The van der Waals surface area contributed by atoms with Gasteiger partial charge in [0.2, 0.25) is 6.54 Å². The minimum absolute atomic E-state index is 0.187. The van der Waals surface area contributed by atoms with Crippen LogP contribution in [0.4, 0.5) is 0 Å². The van der Waals surface area contributed by atoms with E-state index in [1.807, 2.05) is 37.3 Å². The van der Waals surface area contributed by atoms with Crippen LogP contribution >= 0.6 is 0 Å². The minimum atomic E-state index is -0.343. The first kappa shape index (κ1) is 13.4. The largest absolute Gasteiger partial charge is 0.303 e. The predicted molar refractivity (Wildman–Crippen MR) is 65.5 cm³/mol. The normalized spacial score (nSPS) is 13.9. The number of hydrogen-bond donors (Lipinski definition) is 0. The molecular formula is C13H17NO3. The Morgan fingerprint density at radius 3 is 2.47 bits per heavy atom. The van der Waals surface area contributed by atoms with Gasteiger partial charge in [0.05, 0.1) is 5.92 Å². The zero-order valence-corrected chi connectivity index (χ0v) is 9.91. The number of carbonyl (C=O) groups excluding carboxylic acids is 1. The van der Waals surface area contributed by atoms with E-state index in [2.05, 4.69) is 0 Å². The molecule has 2 atom stereocenters. The number of hydrogen-bond acceptors (Lipinski definition) is 3. The van der Waals surface area contributed by atoms with E-state index in [0.29, 0.717) is 6.42 Å². The quantitative estimate of drug-likeness (QED) is 0.414. The Hall–Kier alpha value is -1.71. The third-order valence-corrected chi connectivity index (χ3v) is 2.89. The lowest BCUT2D eigenvalue weighted by Gasteiger charge is -2.19. The van der Waals surface area contributed by atoms with Crippen LogP contribution in [-0.4, -0.2) is 17.8 Å². The molecule has 0 radical (unpaired) electrons. The summed E-state index contributed by atoms with van der Waals surface area (Å²) in [6.07, 6.45) is 2.39. The summed E-state index contributed by atoms with van der Waals surface area (Å²) in [4.78, 5) is 21.4. The molecule has 1 rings (SSSR count). The molecule has 0 heterocycles. The number of rotatable bonds is 7. The Morgan fingerprint density at radius 2 is 2.00 bits per heavy atom. The van der Waals surface area contributed by atoms with Gasteiger partial charge in [0.15, 0.2) is 0 Å². The van der Waals surface area contributed by atoms with Gasteiger partial charge in [0, 0.05) is 10.8 Å². The fourth-order valence-electron chi connectivity index (χ4n) is 2.05. The molecular weight excluding hydrogens is 218 g/mol. The summed E-state index contributed by atoms with van der Waals surface area (Å²) in [6, 6.07) is 9.25. The fourth-order valence-corrected chi connectivity index (χ4v) is 2.05. The van der Waals surface area contributed by atoms with Gasteiger partial charge in [-0.3, -0.25) is 10.1 Å². The zero-order chi connectivity index (χ0) is 12.7.